The summed E-state index contributed by atoms with van der Waals surface area (Å²) in [6, 6.07) is 3.87. The predicted molar refractivity (Wildman–Crippen MR) is 93.9 cm³/mol. The highest BCUT2D eigenvalue weighted by molar-refractivity contribution is 5.88. The van der Waals surface area contributed by atoms with Crippen molar-refractivity contribution < 1.29 is 19.0 Å². The maximum atomic E-state index is 12.1. The van der Waals surface area contributed by atoms with Crippen LogP contribution in [0, 0.1) is 5.41 Å². The van der Waals surface area contributed by atoms with Gasteiger partial charge in [0.1, 0.15) is 5.60 Å². The molecular formula is C18H28N2O4. The molecule has 0 bridgehead atoms. The topological polar surface area (TPSA) is 82.8 Å². The van der Waals surface area contributed by atoms with Gasteiger partial charge in [-0.15, -0.1) is 0 Å². The van der Waals surface area contributed by atoms with E-state index in [0.29, 0.717) is 17.2 Å². The molecule has 3 N–H and O–H groups in total. The fourth-order valence-corrected chi connectivity index (χ4v) is 2.99. The second kappa shape index (κ2) is 6.16. The molecule has 2 atom stereocenters. The lowest BCUT2D eigenvalue weighted by molar-refractivity contribution is 0.0635. The smallest absolute Gasteiger partial charge is 0.412 e. The van der Waals surface area contributed by atoms with Gasteiger partial charge in [-0.2, -0.15) is 0 Å². The van der Waals surface area contributed by atoms with Crippen molar-refractivity contribution in [3.63, 3.8) is 0 Å². The number of hydrogen-bond acceptors (Lipinski definition) is 5. The third-order valence-electron chi connectivity index (χ3n) is 4.41. The Labute approximate surface area is 143 Å². The van der Waals surface area contributed by atoms with E-state index in [2.05, 4.69) is 19.2 Å². The average Bonchev–Trinajstić information content (AvgIpc) is 2.94. The number of nitrogens with one attached hydrogen (secondary N) is 1. The van der Waals surface area contributed by atoms with Gasteiger partial charge < -0.3 is 19.9 Å². The number of carbonyl (C=O) groups excluding carboxylic acids is 1. The van der Waals surface area contributed by atoms with Crippen LogP contribution in [0.2, 0.25) is 0 Å². The van der Waals surface area contributed by atoms with E-state index in [4.69, 9.17) is 19.9 Å². The van der Waals surface area contributed by atoms with Crippen LogP contribution in [0.3, 0.4) is 0 Å². The summed E-state index contributed by atoms with van der Waals surface area (Å²) in [4.78, 5) is 12.1. The van der Waals surface area contributed by atoms with Crippen LogP contribution in [-0.4, -0.2) is 32.0 Å². The Bertz CT molecular complexity index is 635. The van der Waals surface area contributed by atoms with Crippen LogP contribution in [0.25, 0.3) is 0 Å². The summed E-state index contributed by atoms with van der Waals surface area (Å²) in [7, 11) is 3.10. The summed E-state index contributed by atoms with van der Waals surface area (Å²) >= 11 is 0. The van der Waals surface area contributed by atoms with Crippen LogP contribution in [-0.2, 0) is 4.74 Å². The van der Waals surface area contributed by atoms with E-state index in [9.17, 15) is 4.79 Å². The number of rotatable bonds is 4. The Morgan fingerprint density at radius 1 is 1.21 bits per heavy atom. The van der Waals surface area contributed by atoms with Crippen molar-refractivity contribution >= 4 is 11.8 Å². The molecule has 1 aliphatic carbocycles. The summed E-state index contributed by atoms with van der Waals surface area (Å²) < 4.78 is 16.2. The molecule has 1 aliphatic rings. The number of hydrogen-bond donors (Lipinski definition) is 2. The molecule has 0 radical (unpaired) electrons. The molecule has 0 heterocycles. The number of carbonyl (C=O) groups is 1. The second-order valence-electron chi connectivity index (χ2n) is 7.76. The van der Waals surface area contributed by atoms with Crippen LogP contribution < -0.4 is 20.5 Å². The highest BCUT2D eigenvalue weighted by Crippen LogP contribution is 2.58. The molecule has 0 spiro atoms. The number of ether oxygens (including phenoxy) is 3. The molecule has 1 amide bonds. The lowest BCUT2D eigenvalue weighted by Gasteiger charge is -2.21. The Kier molecular flexibility index (Phi) is 4.72. The SMILES string of the molecule is COc1cc([C@@H]2[C@@H](N)C2(C)C)cc(NC(=O)OC(C)(C)C)c1OC. The zero-order valence-corrected chi connectivity index (χ0v) is 15.5. The highest BCUT2D eigenvalue weighted by atomic mass is 16.6. The van der Waals surface area contributed by atoms with Gasteiger partial charge in [0, 0.05) is 12.0 Å². The maximum absolute atomic E-state index is 12.1. The zero-order valence-electron chi connectivity index (χ0n) is 15.5. The Balaban J connectivity index is 2.36. The van der Waals surface area contributed by atoms with Crippen molar-refractivity contribution in [2.45, 2.75) is 52.2 Å². The van der Waals surface area contributed by atoms with Crippen molar-refractivity contribution in [1.29, 1.82) is 0 Å². The summed E-state index contributed by atoms with van der Waals surface area (Å²) in [5, 5.41) is 2.75. The summed E-state index contributed by atoms with van der Waals surface area (Å²) in [5.74, 6) is 1.21. The molecule has 24 heavy (non-hydrogen) atoms. The first kappa shape index (κ1) is 18.4. The van der Waals surface area contributed by atoms with Gasteiger partial charge in [-0.05, 0) is 43.9 Å². The highest BCUT2D eigenvalue weighted by Gasteiger charge is 2.56. The molecule has 0 aromatic heterocycles. The van der Waals surface area contributed by atoms with E-state index < -0.39 is 11.7 Å². The lowest BCUT2D eigenvalue weighted by atomic mass is 10.0. The summed E-state index contributed by atoms with van der Waals surface area (Å²) in [6.07, 6.45) is -0.542. The van der Waals surface area contributed by atoms with Gasteiger partial charge >= 0.3 is 6.09 Å². The lowest BCUT2D eigenvalue weighted by Crippen LogP contribution is -2.27. The van der Waals surface area contributed by atoms with Gasteiger partial charge in [0.25, 0.3) is 0 Å². The van der Waals surface area contributed by atoms with Crippen molar-refractivity contribution in [1.82, 2.24) is 0 Å². The average molecular weight is 336 g/mol. The molecule has 0 saturated heterocycles. The Hall–Kier alpha value is -1.95. The van der Waals surface area contributed by atoms with Crippen molar-refractivity contribution in [2.75, 3.05) is 19.5 Å². The minimum atomic E-state index is -0.583. The van der Waals surface area contributed by atoms with Crippen LogP contribution in [0.15, 0.2) is 12.1 Å². The standard InChI is InChI=1S/C18H28N2O4/c1-17(2,3)24-16(21)20-11-8-10(13-15(19)18(13,4)5)9-12(22-6)14(11)23-7/h8-9,13,15H,19H2,1-7H3,(H,20,21)/t13-,15-/m1/s1. The van der Waals surface area contributed by atoms with Crippen LogP contribution in [0.1, 0.15) is 46.1 Å². The maximum Gasteiger partial charge on any atom is 0.412 e. The van der Waals surface area contributed by atoms with E-state index in [0.717, 1.165) is 5.56 Å². The molecule has 2 rings (SSSR count). The van der Waals surface area contributed by atoms with E-state index in [1.165, 1.54) is 7.11 Å². The fraction of sp³-hybridized carbons (Fsp3) is 0.611. The van der Waals surface area contributed by atoms with E-state index in [1.807, 2.05) is 32.9 Å². The van der Waals surface area contributed by atoms with Crippen molar-refractivity contribution in [3.05, 3.63) is 17.7 Å². The quantitative estimate of drug-likeness (QED) is 0.879. The monoisotopic (exact) mass is 336 g/mol. The van der Waals surface area contributed by atoms with E-state index in [1.54, 1.807) is 7.11 Å². The molecule has 0 unspecified atom stereocenters. The number of amides is 1. The third kappa shape index (κ3) is 3.59. The van der Waals surface area contributed by atoms with Crippen LogP contribution in [0.4, 0.5) is 10.5 Å². The first-order chi connectivity index (χ1) is 11.0. The number of methoxy groups -OCH3 is 2. The molecule has 0 aliphatic heterocycles. The Morgan fingerprint density at radius 2 is 1.79 bits per heavy atom. The Morgan fingerprint density at radius 3 is 2.21 bits per heavy atom. The molecule has 1 saturated carbocycles. The van der Waals surface area contributed by atoms with E-state index in [-0.39, 0.29) is 17.4 Å². The van der Waals surface area contributed by atoms with Crippen molar-refractivity contribution in [3.8, 4) is 11.5 Å². The molecule has 1 fully saturated rings. The van der Waals surface area contributed by atoms with Gasteiger partial charge in [0.05, 0.1) is 19.9 Å². The molecule has 1 aromatic rings. The first-order valence-electron chi connectivity index (χ1n) is 8.02. The summed E-state index contributed by atoms with van der Waals surface area (Å²) in [6.45, 7) is 9.69. The van der Waals surface area contributed by atoms with Gasteiger partial charge in [-0.25, -0.2) is 4.79 Å². The summed E-state index contributed by atoms with van der Waals surface area (Å²) in [5.41, 5.74) is 7.14. The molecule has 6 heteroatoms. The normalized spacial score (nSPS) is 21.8. The van der Waals surface area contributed by atoms with E-state index >= 15 is 0 Å². The fourth-order valence-electron chi connectivity index (χ4n) is 2.99. The van der Waals surface area contributed by atoms with Gasteiger partial charge in [0.2, 0.25) is 0 Å². The van der Waals surface area contributed by atoms with Crippen LogP contribution in [0.5, 0.6) is 11.5 Å². The number of anilines is 1. The second-order valence-corrected chi connectivity index (χ2v) is 7.76. The predicted octanol–water partition coefficient (Wildman–Crippen LogP) is 3.50. The van der Waals surface area contributed by atoms with Gasteiger partial charge in [-0.1, -0.05) is 13.8 Å². The number of benzene rings is 1. The van der Waals surface area contributed by atoms with Gasteiger partial charge in [-0.3, -0.25) is 5.32 Å². The molecule has 134 valence electrons. The van der Waals surface area contributed by atoms with Gasteiger partial charge in [0.15, 0.2) is 11.5 Å². The zero-order chi connectivity index (χ0) is 18.3. The largest absolute Gasteiger partial charge is 0.493 e. The first-order valence-corrected chi connectivity index (χ1v) is 8.02. The molecule has 1 aromatic carbocycles. The van der Waals surface area contributed by atoms with Crippen LogP contribution >= 0.6 is 0 Å². The minimum Gasteiger partial charge on any atom is -0.493 e. The third-order valence-corrected chi connectivity index (χ3v) is 4.41. The minimum absolute atomic E-state index is 0.0167. The molecular weight excluding hydrogens is 308 g/mol. The number of nitrogens with two attached hydrogens (primary N) is 1. The molecule has 6 nitrogen and oxygen atoms in total. The van der Waals surface area contributed by atoms with Crippen molar-refractivity contribution in [2.24, 2.45) is 11.1 Å².